The van der Waals surface area contributed by atoms with Crippen LogP contribution in [0.4, 0.5) is 5.69 Å². The van der Waals surface area contributed by atoms with E-state index < -0.39 is 0 Å². The van der Waals surface area contributed by atoms with Gasteiger partial charge in [-0.2, -0.15) is 5.10 Å². The van der Waals surface area contributed by atoms with Crippen LogP contribution in [0, 0.1) is 6.92 Å². The molecule has 0 saturated carbocycles. The molecule has 6 heteroatoms. The molecule has 0 radical (unpaired) electrons. The lowest BCUT2D eigenvalue weighted by atomic mass is 10.2. The number of hydrogen-bond donors (Lipinski definition) is 3. The third kappa shape index (κ3) is 4.74. The summed E-state index contributed by atoms with van der Waals surface area (Å²) in [6.45, 7) is 2.08. The lowest BCUT2D eigenvalue weighted by Gasteiger charge is -2.06. The number of hydrazone groups is 1. The molecule has 1 amide bonds. The third-order valence-electron chi connectivity index (χ3n) is 3.11. The highest BCUT2D eigenvalue weighted by Gasteiger charge is 2.05. The minimum Gasteiger partial charge on any atom is -0.504 e. The van der Waals surface area contributed by atoms with Crippen LogP contribution in [0.25, 0.3) is 0 Å². The van der Waals surface area contributed by atoms with Crippen molar-refractivity contribution >= 4 is 17.8 Å². The number of rotatable bonds is 6. The van der Waals surface area contributed by atoms with Crippen molar-refractivity contribution in [2.45, 2.75) is 6.92 Å². The van der Waals surface area contributed by atoms with E-state index in [1.807, 2.05) is 31.2 Å². The fourth-order valence-electron chi connectivity index (χ4n) is 1.96. The summed E-state index contributed by atoms with van der Waals surface area (Å²) >= 11 is 0. The molecule has 2 rings (SSSR count). The summed E-state index contributed by atoms with van der Waals surface area (Å²) < 4.78 is 5.00. The van der Waals surface area contributed by atoms with Gasteiger partial charge in [-0.3, -0.25) is 4.79 Å². The van der Waals surface area contributed by atoms with Gasteiger partial charge in [0.25, 0.3) is 5.91 Å². The number of aryl methyl sites for hydroxylation is 1. The molecular weight excluding hydrogens is 294 g/mol. The maximum Gasteiger partial charge on any atom is 0.259 e. The highest BCUT2D eigenvalue weighted by atomic mass is 16.5. The number of carbonyl (C=O) groups excluding carboxylic acids is 1. The molecule has 0 heterocycles. The molecule has 0 saturated heterocycles. The number of methoxy groups -OCH3 is 1. The van der Waals surface area contributed by atoms with Crippen molar-refractivity contribution in [3.63, 3.8) is 0 Å². The van der Waals surface area contributed by atoms with Crippen LogP contribution in [-0.2, 0) is 4.79 Å². The second-order valence-electron chi connectivity index (χ2n) is 4.91. The molecule has 0 unspecified atom stereocenters. The van der Waals surface area contributed by atoms with E-state index in [0.717, 1.165) is 11.3 Å². The molecule has 120 valence electrons. The van der Waals surface area contributed by atoms with Gasteiger partial charge in [0.05, 0.1) is 19.9 Å². The zero-order valence-electron chi connectivity index (χ0n) is 13.0. The van der Waals surface area contributed by atoms with E-state index in [4.69, 9.17) is 4.74 Å². The molecule has 2 aromatic carbocycles. The maximum absolute atomic E-state index is 11.7. The molecule has 0 aliphatic heterocycles. The van der Waals surface area contributed by atoms with Gasteiger partial charge in [-0.15, -0.1) is 0 Å². The molecule has 3 N–H and O–H groups in total. The second-order valence-corrected chi connectivity index (χ2v) is 4.91. The van der Waals surface area contributed by atoms with E-state index in [9.17, 15) is 9.90 Å². The van der Waals surface area contributed by atoms with Crippen molar-refractivity contribution in [3.8, 4) is 11.5 Å². The first-order valence-corrected chi connectivity index (χ1v) is 7.08. The van der Waals surface area contributed by atoms with Crippen molar-refractivity contribution in [1.29, 1.82) is 0 Å². The Labute approximate surface area is 134 Å². The SMILES string of the molecule is COc1cccc(C=NNC(=O)CNc2cccc(C)c2)c1O. The number of hydrogen-bond acceptors (Lipinski definition) is 5. The Bertz CT molecular complexity index is 714. The van der Waals surface area contributed by atoms with Crippen molar-refractivity contribution < 1.29 is 14.6 Å². The Morgan fingerprint density at radius 1 is 1.30 bits per heavy atom. The Hall–Kier alpha value is -3.02. The lowest BCUT2D eigenvalue weighted by molar-refractivity contribution is -0.119. The molecule has 6 nitrogen and oxygen atoms in total. The predicted molar refractivity (Wildman–Crippen MR) is 90.1 cm³/mol. The van der Waals surface area contributed by atoms with Gasteiger partial charge in [-0.25, -0.2) is 5.43 Å². The van der Waals surface area contributed by atoms with Crippen LogP contribution < -0.4 is 15.5 Å². The van der Waals surface area contributed by atoms with Crippen molar-refractivity contribution in [2.75, 3.05) is 19.0 Å². The van der Waals surface area contributed by atoms with Crippen molar-refractivity contribution in [3.05, 3.63) is 53.6 Å². The lowest BCUT2D eigenvalue weighted by Crippen LogP contribution is -2.25. The molecule has 0 aliphatic carbocycles. The van der Waals surface area contributed by atoms with Crippen molar-refractivity contribution in [1.82, 2.24) is 5.43 Å². The Balaban J connectivity index is 1.87. The van der Waals surface area contributed by atoms with E-state index in [0.29, 0.717) is 11.3 Å². The number of anilines is 1. The molecule has 0 atom stereocenters. The van der Waals surface area contributed by atoms with E-state index in [2.05, 4.69) is 15.8 Å². The van der Waals surface area contributed by atoms with Gasteiger partial charge in [0, 0.05) is 11.3 Å². The van der Waals surface area contributed by atoms with Gasteiger partial charge in [-0.05, 0) is 36.8 Å². The normalized spacial score (nSPS) is 10.5. The fraction of sp³-hybridized carbons (Fsp3) is 0.176. The third-order valence-corrected chi connectivity index (χ3v) is 3.11. The quantitative estimate of drug-likeness (QED) is 0.564. The monoisotopic (exact) mass is 313 g/mol. The number of nitrogens with zero attached hydrogens (tertiary/aromatic N) is 1. The number of phenolic OH excluding ortho intramolecular Hbond substituents is 1. The van der Waals surface area contributed by atoms with E-state index in [-0.39, 0.29) is 18.2 Å². The molecule has 2 aromatic rings. The average Bonchev–Trinajstić information content (AvgIpc) is 2.54. The summed E-state index contributed by atoms with van der Waals surface area (Å²) in [6, 6.07) is 12.8. The summed E-state index contributed by atoms with van der Waals surface area (Å²) in [7, 11) is 1.47. The number of carbonyl (C=O) groups is 1. The van der Waals surface area contributed by atoms with Gasteiger partial charge >= 0.3 is 0 Å². The van der Waals surface area contributed by atoms with E-state index in [1.54, 1.807) is 18.2 Å². The number of aromatic hydroxyl groups is 1. The molecule has 23 heavy (non-hydrogen) atoms. The number of phenols is 1. The van der Waals surface area contributed by atoms with E-state index in [1.165, 1.54) is 13.3 Å². The van der Waals surface area contributed by atoms with Gasteiger partial charge in [0.15, 0.2) is 11.5 Å². The first-order chi connectivity index (χ1) is 11.1. The Morgan fingerprint density at radius 3 is 2.83 bits per heavy atom. The predicted octanol–water partition coefficient (Wildman–Crippen LogP) is 2.27. The minimum absolute atomic E-state index is 0.0223. The largest absolute Gasteiger partial charge is 0.504 e. The van der Waals surface area contributed by atoms with Crippen LogP contribution >= 0.6 is 0 Å². The van der Waals surface area contributed by atoms with Gasteiger partial charge in [0.1, 0.15) is 0 Å². The zero-order valence-corrected chi connectivity index (χ0v) is 13.0. The first-order valence-electron chi connectivity index (χ1n) is 7.08. The number of ether oxygens (including phenoxy) is 1. The van der Waals surface area contributed by atoms with Gasteiger partial charge in [-0.1, -0.05) is 18.2 Å². The van der Waals surface area contributed by atoms with Crippen LogP contribution in [0.3, 0.4) is 0 Å². The summed E-state index contributed by atoms with van der Waals surface area (Å²) in [5, 5.41) is 16.7. The average molecular weight is 313 g/mol. The van der Waals surface area contributed by atoms with Crippen molar-refractivity contribution in [2.24, 2.45) is 5.10 Å². The first kappa shape index (κ1) is 16.4. The summed E-state index contributed by atoms with van der Waals surface area (Å²) in [4.78, 5) is 11.7. The highest BCUT2D eigenvalue weighted by molar-refractivity contribution is 5.87. The van der Waals surface area contributed by atoms with Gasteiger partial charge < -0.3 is 15.2 Å². The van der Waals surface area contributed by atoms with Crippen LogP contribution in [0.5, 0.6) is 11.5 Å². The molecule has 0 spiro atoms. The second kappa shape index (κ2) is 7.84. The topological polar surface area (TPSA) is 83.0 Å². The zero-order chi connectivity index (χ0) is 16.7. The number of amides is 1. The number of para-hydroxylation sites is 1. The van der Waals surface area contributed by atoms with Crippen LogP contribution in [0.1, 0.15) is 11.1 Å². The minimum atomic E-state index is -0.287. The summed E-state index contributed by atoms with van der Waals surface area (Å²) in [6.07, 6.45) is 1.36. The Morgan fingerprint density at radius 2 is 2.09 bits per heavy atom. The highest BCUT2D eigenvalue weighted by Crippen LogP contribution is 2.27. The van der Waals surface area contributed by atoms with Gasteiger partial charge in [0.2, 0.25) is 0 Å². The maximum atomic E-state index is 11.7. The smallest absolute Gasteiger partial charge is 0.259 e. The molecule has 0 bridgehead atoms. The number of nitrogens with one attached hydrogen (secondary N) is 2. The summed E-state index contributed by atoms with van der Waals surface area (Å²) in [5.74, 6) is 0.0393. The molecule has 0 fully saturated rings. The summed E-state index contributed by atoms with van der Waals surface area (Å²) in [5.41, 5.74) is 4.83. The fourth-order valence-corrected chi connectivity index (χ4v) is 1.96. The molecular formula is C17H19N3O3. The van der Waals surface area contributed by atoms with Crippen LogP contribution in [0.15, 0.2) is 47.6 Å². The van der Waals surface area contributed by atoms with E-state index >= 15 is 0 Å². The molecule has 0 aliphatic rings. The molecule has 0 aromatic heterocycles. The Kier molecular flexibility index (Phi) is 5.57. The van der Waals surface area contributed by atoms with Crippen LogP contribution in [-0.4, -0.2) is 30.9 Å². The standard InChI is InChI=1S/C17H19N3O3/c1-12-5-3-7-14(9-12)18-11-16(21)20-19-10-13-6-4-8-15(23-2)17(13)22/h3-10,18,22H,11H2,1-2H3,(H,20,21). The number of benzene rings is 2. The van der Waals surface area contributed by atoms with Crippen LogP contribution in [0.2, 0.25) is 0 Å².